The summed E-state index contributed by atoms with van der Waals surface area (Å²) in [6.45, 7) is 8.75. The zero-order valence-corrected chi connectivity index (χ0v) is 20.4. The lowest BCUT2D eigenvalue weighted by Crippen LogP contribution is -2.22. The fourth-order valence-corrected chi connectivity index (χ4v) is 4.28. The van der Waals surface area contributed by atoms with Gasteiger partial charge in [-0.2, -0.15) is 5.10 Å². The Labute approximate surface area is 190 Å². The third-order valence-electron chi connectivity index (χ3n) is 4.96. The molecule has 0 unspecified atom stereocenters. The second-order valence-electron chi connectivity index (χ2n) is 8.78. The SMILES string of the molecule is C[Si](C)(C)CCOCn1cc(-c2cnn(Cc3ccc(F)cc3)c2)c2nc(Br)cnc21. The van der Waals surface area contributed by atoms with E-state index in [2.05, 4.69) is 50.6 Å². The van der Waals surface area contributed by atoms with Crippen LogP contribution in [0.3, 0.4) is 0 Å². The summed E-state index contributed by atoms with van der Waals surface area (Å²) in [6, 6.07) is 7.57. The molecule has 4 aromatic rings. The van der Waals surface area contributed by atoms with Crippen molar-refractivity contribution in [1.29, 1.82) is 0 Å². The zero-order valence-electron chi connectivity index (χ0n) is 17.8. The smallest absolute Gasteiger partial charge is 0.161 e. The molecule has 0 saturated heterocycles. The van der Waals surface area contributed by atoms with Crippen LogP contribution in [0.1, 0.15) is 5.56 Å². The number of benzene rings is 1. The number of fused-ring (bicyclic) bond motifs is 1. The van der Waals surface area contributed by atoms with Gasteiger partial charge < -0.3 is 9.30 Å². The van der Waals surface area contributed by atoms with Gasteiger partial charge >= 0.3 is 0 Å². The van der Waals surface area contributed by atoms with Crippen molar-refractivity contribution >= 4 is 35.2 Å². The molecule has 31 heavy (non-hydrogen) atoms. The number of hydrogen-bond donors (Lipinski definition) is 0. The molecule has 0 N–H and O–H groups in total. The Morgan fingerprint density at radius 2 is 1.87 bits per heavy atom. The van der Waals surface area contributed by atoms with E-state index >= 15 is 0 Å². The number of nitrogens with zero attached hydrogens (tertiary/aromatic N) is 5. The molecule has 0 atom stereocenters. The molecule has 0 aliphatic heterocycles. The Morgan fingerprint density at radius 3 is 2.61 bits per heavy atom. The van der Waals surface area contributed by atoms with Gasteiger partial charge in [0.2, 0.25) is 0 Å². The van der Waals surface area contributed by atoms with Crippen molar-refractivity contribution in [2.75, 3.05) is 6.61 Å². The van der Waals surface area contributed by atoms with Crippen LogP contribution in [0.25, 0.3) is 22.3 Å². The zero-order chi connectivity index (χ0) is 22.0. The molecule has 0 radical (unpaired) electrons. The Bertz CT molecular complexity index is 1180. The van der Waals surface area contributed by atoms with E-state index in [0.717, 1.165) is 40.5 Å². The van der Waals surface area contributed by atoms with Crippen molar-refractivity contribution in [2.24, 2.45) is 0 Å². The normalized spacial score (nSPS) is 12.0. The van der Waals surface area contributed by atoms with Crippen LogP contribution in [0.2, 0.25) is 25.7 Å². The van der Waals surface area contributed by atoms with Gasteiger partial charge in [-0.3, -0.25) is 4.68 Å². The van der Waals surface area contributed by atoms with Crippen molar-refractivity contribution in [3.8, 4) is 11.1 Å². The lowest BCUT2D eigenvalue weighted by atomic mass is 10.2. The van der Waals surface area contributed by atoms with Crippen LogP contribution in [-0.4, -0.2) is 39.0 Å². The van der Waals surface area contributed by atoms with Crippen LogP contribution >= 0.6 is 15.9 Å². The first-order chi connectivity index (χ1) is 14.8. The lowest BCUT2D eigenvalue weighted by Gasteiger charge is -2.15. The quantitative estimate of drug-likeness (QED) is 0.234. The summed E-state index contributed by atoms with van der Waals surface area (Å²) in [7, 11) is -1.14. The Kier molecular flexibility index (Phi) is 6.36. The summed E-state index contributed by atoms with van der Waals surface area (Å²) >= 11 is 3.43. The first-order valence-electron chi connectivity index (χ1n) is 10.1. The highest BCUT2D eigenvalue weighted by Crippen LogP contribution is 2.29. The van der Waals surface area contributed by atoms with Crippen molar-refractivity contribution in [3.63, 3.8) is 0 Å². The first-order valence-corrected chi connectivity index (χ1v) is 14.6. The van der Waals surface area contributed by atoms with Crippen LogP contribution < -0.4 is 0 Å². The van der Waals surface area contributed by atoms with Crippen LogP contribution in [0, 0.1) is 5.82 Å². The fraction of sp³-hybridized carbons (Fsp3) is 0.318. The summed E-state index contributed by atoms with van der Waals surface area (Å²) < 4.78 is 23.6. The molecule has 3 heterocycles. The van der Waals surface area contributed by atoms with E-state index < -0.39 is 8.07 Å². The minimum absolute atomic E-state index is 0.242. The molecule has 0 amide bonds. The van der Waals surface area contributed by atoms with Gasteiger partial charge in [0.15, 0.2) is 5.65 Å². The summed E-state index contributed by atoms with van der Waals surface area (Å²) in [4.78, 5) is 9.21. The first kappa shape index (κ1) is 21.9. The molecule has 0 bridgehead atoms. The summed E-state index contributed by atoms with van der Waals surface area (Å²) in [5.74, 6) is -0.242. The van der Waals surface area contributed by atoms with Gasteiger partial charge in [0.25, 0.3) is 0 Å². The van der Waals surface area contributed by atoms with Crippen LogP contribution in [0.4, 0.5) is 4.39 Å². The standard InChI is InChI=1S/C22H25BrFN5OSi/c1-31(2,3)9-8-30-15-28-14-19(21-22(28)25-11-20(23)27-21)17-10-26-29(13-17)12-16-4-6-18(24)7-5-16/h4-7,10-11,13-14H,8-9,12,15H2,1-3H3. The third-order valence-corrected chi connectivity index (χ3v) is 7.05. The maximum atomic E-state index is 13.2. The molecule has 0 fully saturated rings. The van der Waals surface area contributed by atoms with Gasteiger partial charge in [0, 0.05) is 38.2 Å². The van der Waals surface area contributed by atoms with Gasteiger partial charge in [0.05, 0.1) is 18.9 Å². The number of ether oxygens (including phenoxy) is 1. The molecule has 0 spiro atoms. The van der Waals surface area contributed by atoms with Gasteiger partial charge in [-0.1, -0.05) is 31.8 Å². The predicted molar refractivity (Wildman–Crippen MR) is 126 cm³/mol. The summed E-state index contributed by atoms with van der Waals surface area (Å²) in [5, 5.41) is 4.48. The van der Waals surface area contributed by atoms with E-state index in [1.54, 1.807) is 18.3 Å². The van der Waals surface area contributed by atoms with E-state index in [9.17, 15) is 4.39 Å². The summed E-state index contributed by atoms with van der Waals surface area (Å²) in [6.07, 6.45) is 7.50. The maximum Gasteiger partial charge on any atom is 0.161 e. The molecule has 6 nitrogen and oxygen atoms in total. The molecule has 9 heteroatoms. The monoisotopic (exact) mass is 501 g/mol. The number of halogens is 2. The third kappa shape index (κ3) is 5.47. The second kappa shape index (κ2) is 9.02. The molecule has 1 aromatic carbocycles. The van der Waals surface area contributed by atoms with Crippen molar-refractivity contribution in [1.82, 2.24) is 24.3 Å². The van der Waals surface area contributed by atoms with Crippen LogP contribution in [-0.2, 0) is 18.0 Å². The largest absolute Gasteiger partial charge is 0.361 e. The molecule has 162 valence electrons. The van der Waals surface area contributed by atoms with E-state index in [4.69, 9.17) is 4.74 Å². The van der Waals surface area contributed by atoms with E-state index in [1.807, 2.05) is 27.8 Å². The van der Waals surface area contributed by atoms with Crippen molar-refractivity contribution < 1.29 is 9.13 Å². The van der Waals surface area contributed by atoms with Gasteiger partial charge in [-0.25, -0.2) is 14.4 Å². The average Bonchev–Trinajstić information content (AvgIpc) is 3.30. The highest BCUT2D eigenvalue weighted by atomic mass is 79.9. The van der Waals surface area contributed by atoms with Gasteiger partial charge in [-0.05, 0) is 39.7 Å². The number of rotatable bonds is 8. The average molecular weight is 502 g/mol. The minimum atomic E-state index is -1.14. The molecular weight excluding hydrogens is 477 g/mol. The Balaban J connectivity index is 1.58. The molecule has 0 saturated carbocycles. The predicted octanol–water partition coefficient (Wildman–Crippen LogP) is 5.56. The highest BCUT2D eigenvalue weighted by Gasteiger charge is 2.16. The Hall–Kier alpha value is -2.36. The topological polar surface area (TPSA) is 57.8 Å². The van der Waals surface area contributed by atoms with E-state index in [-0.39, 0.29) is 5.82 Å². The van der Waals surface area contributed by atoms with Crippen molar-refractivity contribution in [2.45, 2.75) is 39.0 Å². The Morgan fingerprint density at radius 1 is 1.10 bits per heavy atom. The van der Waals surface area contributed by atoms with Gasteiger partial charge in [-0.15, -0.1) is 0 Å². The molecular formula is C22H25BrFN5OSi. The lowest BCUT2D eigenvalue weighted by molar-refractivity contribution is 0.0899. The molecule has 0 aliphatic carbocycles. The van der Waals surface area contributed by atoms with Crippen LogP contribution in [0.15, 0.2) is 53.7 Å². The number of aromatic nitrogens is 5. The molecule has 0 aliphatic rings. The van der Waals surface area contributed by atoms with Crippen molar-refractivity contribution in [3.05, 3.63) is 65.0 Å². The van der Waals surface area contributed by atoms with Crippen LogP contribution in [0.5, 0.6) is 0 Å². The van der Waals surface area contributed by atoms with E-state index in [0.29, 0.717) is 17.9 Å². The minimum Gasteiger partial charge on any atom is -0.361 e. The van der Waals surface area contributed by atoms with E-state index in [1.165, 1.54) is 12.1 Å². The fourth-order valence-electron chi connectivity index (χ4n) is 3.25. The summed E-state index contributed by atoms with van der Waals surface area (Å²) in [5.41, 5.74) is 4.45. The molecule has 4 rings (SSSR count). The number of hydrogen-bond acceptors (Lipinski definition) is 4. The van der Waals surface area contributed by atoms with Gasteiger partial charge in [0.1, 0.15) is 22.7 Å². The second-order valence-corrected chi connectivity index (χ2v) is 15.2. The highest BCUT2D eigenvalue weighted by molar-refractivity contribution is 9.10. The maximum absolute atomic E-state index is 13.2. The molecule has 3 aromatic heterocycles.